The van der Waals surface area contributed by atoms with Gasteiger partial charge in [0.25, 0.3) is 0 Å². The first kappa shape index (κ1) is 18.9. The maximum Gasteiger partial charge on any atom is 0.311 e. The van der Waals surface area contributed by atoms with Gasteiger partial charge in [-0.25, -0.2) is 9.97 Å². The van der Waals surface area contributed by atoms with Crippen LogP contribution in [0.15, 0.2) is 24.5 Å². The molecule has 0 saturated heterocycles. The van der Waals surface area contributed by atoms with E-state index in [0.717, 1.165) is 23.3 Å². The fourth-order valence-electron chi connectivity index (χ4n) is 3.71. The van der Waals surface area contributed by atoms with Crippen molar-refractivity contribution in [3.8, 4) is 17.6 Å². The van der Waals surface area contributed by atoms with E-state index in [9.17, 15) is 4.79 Å². The van der Waals surface area contributed by atoms with Crippen LogP contribution in [0.4, 0.5) is 0 Å². The maximum absolute atomic E-state index is 10.7. The second-order valence-electron chi connectivity index (χ2n) is 8.29. The largest absolute Gasteiger partial charge is 0.488 e. The number of carboxylic acid groups (broad SMARTS) is 1. The minimum Gasteiger partial charge on any atom is -0.488 e. The van der Waals surface area contributed by atoms with Crippen LogP contribution in [0, 0.1) is 18.8 Å². The number of ether oxygens (including phenoxy) is 1. The summed E-state index contributed by atoms with van der Waals surface area (Å²) in [5.41, 5.74) is 3.63. The van der Waals surface area contributed by atoms with Gasteiger partial charge in [-0.05, 0) is 50.3 Å². The summed E-state index contributed by atoms with van der Waals surface area (Å²) in [4.78, 5) is 18.8. The molecule has 3 rings (SSSR count). The number of carboxylic acids is 1. The first-order valence-corrected chi connectivity index (χ1v) is 8.95. The molecule has 0 spiro atoms. The van der Waals surface area contributed by atoms with Crippen molar-refractivity contribution in [3.05, 3.63) is 52.6 Å². The van der Waals surface area contributed by atoms with Gasteiger partial charge < -0.3 is 9.84 Å². The van der Waals surface area contributed by atoms with E-state index < -0.39 is 5.97 Å². The summed E-state index contributed by atoms with van der Waals surface area (Å²) in [6.07, 6.45) is 3.86. The SMILES string of the molecule is Cc1cc2c(cc1C#Cc1cnc(CC(=O)O)nc1)C(C)(C)CC(C)(C)O2. The molecule has 2 aromatic rings. The molecule has 5 nitrogen and oxygen atoms in total. The number of nitrogens with zero attached hydrogens (tertiary/aromatic N) is 2. The third kappa shape index (κ3) is 4.28. The quantitative estimate of drug-likeness (QED) is 0.824. The zero-order valence-corrected chi connectivity index (χ0v) is 16.4. The fraction of sp³-hybridized carbons (Fsp3) is 0.409. The zero-order chi connectivity index (χ0) is 19.8. The van der Waals surface area contributed by atoms with Gasteiger partial charge in [0, 0.05) is 23.5 Å². The predicted octanol–water partition coefficient (Wildman–Crippen LogP) is 3.65. The van der Waals surface area contributed by atoms with E-state index in [2.05, 4.69) is 61.6 Å². The molecule has 1 N–H and O–H groups in total. The van der Waals surface area contributed by atoms with Crippen LogP contribution < -0.4 is 4.74 Å². The van der Waals surface area contributed by atoms with Crippen molar-refractivity contribution >= 4 is 5.97 Å². The lowest BCUT2D eigenvalue weighted by Crippen LogP contribution is -2.41. The monoisotopic (exact) mass is 364 g/mol. The second-order valence-corrected chi connectivity index (χ2v) is 8.29. The smallest absolute Gasteiger partial charge is 0.311 e. The molecule has 0 fully saturated rings. The Morgan fingerprint density at radius 3 is 2.48 bits per heavy atom. The summed E-state index contributed by atoms with van der Waals surface area (Å²) in [6, 6.07) is 4.18. The van der Waals surface area contributed by atoms with E-state index in [1.54, 1.807) is 12.4 Å². The molecule has 1 aromatic carbocycles. The molecule has 5 heteroatoms. The topological polar surface area (TPSA) is 72.3 Å². The Balaban J connectivity index is 1.92. The van der Waals surface area contributed by atoms with E-state index in [0.29, 0.717) is 5.56 Å². The van der Waals surface area contributed by atoms with Crippen LogP contribution in [0.2, 0.25) is 0 Å². The number of rotatable bonds is 2. The molecule has 1 aliphatic rings. The average molecular weight is 364 g/mol. The summed E-state index contributed by atoms with van der Waals surface area (Å²) < 4.78 is 6.18. The van der Waals surface area contributed by atoms with Gasteiger partial charge in [0.05, 0.1) is 5.56 Å². The highest BCUT2D eigenvalue weighted by Crippen LogP contribution is 2.45. The number of hydrogen-bond acceptors (Lipinski definition) is 4. The highest BCUT2D eigenvalue weighted by atomic mass is 16.5. The Bertz CT molecular complexity index is 948. The van der Waals surface area contributed by atoms with Crippen LogP contribution in [0.1, 0.15) is 62.2 Å². The molecule has 0 bridgehead atoms. The lowest BCUT2D eigenvalue weighted by molar-refractivity contribution is -0.136. The second kappa shape index (κ2) is 6.70. The van der Waals surface area contributed by atoms with Crippen LogP contribution in [-0.4, -0.2) is 26.6 Å². The molecule has 140 valence electrons. The third-order valence-electron chi connectivity index (χ3n) is 4.67. The van der Waals surface area contributed by atoms with Gasteiger partial charge in [-0.2, -0.15) is 0 Å². The summed E-state index contributed by atoms with van der Waals surface area (Å²) in [5.74, 6) is 6.52. The number of benzene rings is 1. The fourth-order valence-corrected chi connectivity index (χ4v) is 3.71. The number of aromatic nitrogens is 2. The first-order valence-electron chi connectivity index (χ1n) is 8.95. The van der Waals surface area contributed by atoms with Gasteiger partial charge in [-0.3, -0.25) is 4.79 Å². The van der Waals surface area contributed by atoms with Gasteiger partial charge in [-0.15, -0.1) is 0 Å². The molecular weight excluding hydrogens is 340 g/mol. The Morgan fingerprint density at radius 1 is 1.19 bits per heavy atom. The van der Waals surface area contributed by atoms with E-state index in [4.69, 9.17) is 9.84 Å². The van der Waals surface area contributed by atoms with E-state index >= 15 is 0 Å². The Hall–Kier alpha value is -2.87. The minimum atomic E-state index is -0.952. The summed E-state index contributed by atoms with van der Waals surface area (Å²) in [7, 11) is 0. The molecule has 0 amide bonds. The maximum atomic E-state index is 10.7. The predicted molar refractivity (Wildman–Crippen MR) is 103 cm³/mol. The van der Waals surface area contributed by atoms with Crippen molar-refractivity contribution in [2.24, 2.45) is 0 Å². The zero-order valence-electron chi connectivity index (χ0n) is 16.4. The van der Waals surface area contributed by atoms with Crippen molar-refractivity contribution in [3.63, 3.8) is 0 Å². The van der Waals surface area contributed by atoms with Crippen LogP contribution in [-0.2, 0) is 16.6 Å². The number of carbonyl (C=O) groups is 1. The van der Waals surface area contributed by atoms with Gasteiger partial charge in [0.15, 0.2) is 0 Å². The van der Waals surface area contributed by atoms with E-state index in [-0.39, 0.29) is 23.3 Å². The molecule has 27 heavy (non-hydrogen) atoms. The van der Waals surface area contributed by atoms with Crippen LogP contribution >= 0.6 is 0 Å². The summed E-state index contributed by atoms with van der Waals surface area (Å²) in [5, 5.41) is 8.77. The Labute approximate surface area is 159 Å². The number of fused-ring (bicyclic) bond motifs is 1. The molecule has 1 aliphatic heterocycles. The van der Waals surface area contributed by atoms with Gasteiger partial charge in [0.1, 0.15) is 23.6 Å². The number of aryl methyl sites for hydroxylation is 1. The lowest BCUT2D eigenvalue weighted by Gasteiger charge is -2.42. The normalized spacial score (nSPS) is 16.5. The van der Waals surface area contributed by atoms with Gasteiger partial charge in [0.2, 0.25) is 0 Å². The molecular formula is C22H24N2O3. The molecule has 0 radical (unpaired) electrons. The van der Waals surface area contributed by atoms with Crippen molar-refractivity contribution in [1.29, 1.82) is 0 Å². The van der Waals surface area contributed by atoms with Crippen LogP contribution in [0.5, 0.6) is 5.75 Å². The van der Waals surface area contributed by atoms with Crippen molar-refractivity contribution in [1.82, 2.24) is 9.97 Å². The summed E-state index contributed by atoms with van der Waals surface area (Å²) in [6.45, 7) is 10.7. The van der Waals surface area contributed by atoms with Gasteiger partial charge in [-0.1, -0.05) is 25.7 Å². The molecule has 0 atom stereocenters. The highest BCUT2D eigenvalue weighted by Gasteiger charge is 2.39. The van der Waals surface area contributed by atoms with Gasteiger partial charge >= 0.3 is 5.97 Å². The number of hydrogen-bond donors (Lipinski definition) is 1. The lowest BCUT2D eigenvalue weighted by atomic mass is 9.73. The van der Waals surface area contributed by atoms with E-state index in [1.807, 2.05) is 6.92 Å². The highest BCUT2D eigenvalue weighted by molar-refractivity contribution is 5.68. The van der Waals surface area contributed by atoms with Crippen molar-refractivity contribution in [2.75, 3.05) is 0 Å². The van der Waals surface area contributed by atoms with Crippen LogP contribution in [0.25, 0.3) is 0 Å². The van der Waals surface area contributed by atoms with Crippen LogP contribution in [0.3, 0.4) is 0 Å². The molecule has 0 aliphatic carbocycles. The first-order chi connectivity index (χ1) is 12.6. The average Bonchev–Trinajstić information content (AvgIpc) is 2.52. The molecule has 1 aromatic heterocycles. The molecule has 0 unspecified atom stereocenters. The standard InChI is InChI=1S/C22H24N2O3/c1-14-8-18-17(21(2,3)13-22(4,5)27-18)9-16(14)7-6-15-11-23-19(24-12-15)10-20(25)26/h8-9,11-12H,10,13H2,1-5H3,(H,25,26). The van der Waals surface area contributed by atoms with Crippen molar-refractivity contribution in [2.45, 2.75) is 58.5 Å². The van der Waals surface area contributed by atoms with E-state index in [1.165, 1.54) is 5.56 Å². The molecule has 2 heterocycles. The van der Waals surface area contributed by atoms with Crippen molar-refractivity contribution < 1.29 is 14.6 Å². The Morgan fingerprint density at radius 2 is 1.85 bits per heavy atom. The number of aliphatic carboxylic acids is 1. The third-order valence-corrected chi connectivity index (χ3v) is 4.67. The Kier molecular flexibility index (Phi) is 4.69. The molecule has 0 saturated carbocycles. The summed E-state index contributed by atoms with van der Waals surface area (Å²) >= 11 is 0. The minimum absolute atomic E-state index is 0.00278.